The van der Waals surface area contributed by atoms with Gasteiger partial charge < -0.3 is 4.74 Å². The van der Waals surface area contributed by atoms with Crippen LogP contribution >= 0.6 is 0 Å². The second-order valence-electron chi connectivity index (χ2n) is 4.57. The predicted octanol–water partition coefficient (Wildman–Crippen LogP) is 1.98. The number of H-pyrrole nitrogens is 1. The van der Waals surface area contributed by atoms with Gasteiger partial charge in [0.2, 0.25) is 0 Å². The Kier molecular flexibility index (Phi) is 4.47. The first kappa shape index (κ1) is 14.9. The van der Waals surface area contributed by atoms with E-state index in [2.05, 4.69) is 10.2 Å². The maximum atomic E-state index is 14.0. The van der Waals surface area contributed by atoms with Crippen LogP contribution in [0.1, 0.15) is 34.1 Å². The molecule has 2 rings (SSSR count). The van der Waals surface area contributed by atoms with E-state index in [1.54, 1.807) is 19.9 Å². The molecule has 0 amide bonds. The van der Waals surface area contributed by atoms with Crippen molar-refractivity contribution < 1.29 is 13.9 Å². The lowest BCUT2D eigenvalue weighted by atomic mass is 10.0. The van der Waals surface area contributed by atoms with E-state index in [4.69, 9.17) is 4.74 Å². The molecule has 1 heterocycles. The Bertz CT molecular complexity index is 725. The monoisotopic (exact) mass is 290 g/mol. The van der Waals surface area contributed by atoms with E-state index < -0.39 is 11.8 Å². The summed E-state index contributed by atoms with van der Waals surface area (Å²) in [4.78, 5) is 23.1. The number of ether oxygens (including phenoxy) is 1. The number of nitrogens with zero attached hydrogens (tertiary/aromatic N) is 1. The van der Waals surface area contributed by atoms with Crippen molar-refractivity contribution in [1.29, 1.82) is 0 Å². The number of aromatic amines is 1. The Labute approximate surface area is 120 Å². The molecule has 0 saturated heterocycles. The Hall–Kier alpha value is -2.50. The lowest BCUT2D eigenvalue weighted by Gasteiger charge is -2.06. The molecule has 2 aromatic rings. The highest BCUT2D eigenvalue weighted by atomic mass is 19.1. The Balaban J connectivity index is 2.27. The fraction of sp³-hybridized carbons (Fsp3) is 0.267. The molecule has 0 bridgehead atoms. The molecule has 0 fully saturated rings. The Morgan fingerprint density at radius 1 is 1.33 bits per heavy atom. The zero-order chi connectivity index (χ0) is 15.4. The highest BCUT2D eigenvalue weighted by Gasteiger charge is 2.12. The van der Waals surface area contributed by atoms with Crippen LogP contribution in [-0.2, 0) is 11.2 Å². The number of benzene rings is 1. The average Bonchev–Trinajstić information content (AvgIpc) is 2.45. The second-order valence-corrected chi connectivity index (χ2v) is 4.57. The predicted molar refractivity (Wildman–Crippen MR) is 74.8 cm³/mol. The quantitative estimate of drug-likeness (QED) is 0.874. The molecule has 21 heavy (non-hydrogen) atoms. The van der Waals surface area contributed by atoms with Crippen molar-refractivity contribution in [3.63, 3.8) is 0 Å². The highest BCUT2D eigenvalue weighted by molar-refractivity contribution is 5.89. The van der Waals surface area contributed by atoms with E-state index in [1.807, 2.05) is 0 Å². The number of hydrogen-bond acceptors (Lipinski definition) is 4. The second kappa shape index (κ2) is 6.30. The summed E-state index contributed by atoms with van der Waals surface area (Å²) in [5.41, 5.74) is 1.20. The fourth-order valence-electron chi connectivity index (χ4n) is 1.93. The van der Waals surface area contributed by atoms with Gasteiger partial charge in [-0.05, 0) is 37.6 Å². The van der Waals surface area contributed by atoms with Gasteiger partial charge in [-0.1, -0.05) is 6.07 Å². The zero-order valence-electron chi connectivity index (χ0n) is 11.8. The first-order valence-corrected chi connectivity index (χ1v) is 6.52. The Morgan fingerprint density at radius 3 is 2.76 bits per heavy atom. The molecule has 0 aliphatic heterocycles. The number of hydrogen-bond donors (Lipinski definition) is 1. The van der Waals surface area contributed by atoms with Crippen molar-refractivity contribution in [2.75, 3.05) is 6.61 Å². The lowest BCUT2D eigenvalue weighted by Crippen LogP contribution is -2.15. The summed E-state index contributed by atoms with van der Waals surface area (Å²) in [6.07, 6.45) is 0.133. The summed E-state index contributed by atoms with van der Waals surface area (Å²) in [5.74, 6) is -1.12. The van der Waals surface area contributed by atoms with Crippen LogP contribution in [0.15, 0.2) is 29.1 Å². The van der Waals surface area contributed by atoms with Gasteiger partial charge in [0.05, 0.1) is 17.9 Å². The van der Waals surface area contributed by atoms with Crippen LogP contribution < -0.4 is 5.56 Å². The largest absolute Gasteiger partial charge is 0.462 e. The summed E-state index contributed by atoms with van der Waals surface area (Å²) < 4.78 is 18.8. The molecule has 1 aromatic heterocycles. The van der Waals surface area contributed by atoms with Crippen LogP contribution in [0.4, 0.5) is 4.39 Å². The molecule has 0 saturated carbocycles. The van der Waals surface area contributed by atoms with Crippen LogP contribution in [0.5, 0.6) is 0 Å². The molecule has 0 aliphatic rings. The highest BCUT2D eigenvalue weighted by Crippen LogP contribution is 2.14. The molecular weight excluding hydrogens is 275 g/mol. The number of esters is 1. The molecular formula is C15H15FN2O3. The van der Waals surface area contributed by atoms with Crippen LogP contribution in [0.2, 0.25) is 0 Å². The third-order valence-electron chi connectivity index (χ3n) is 2.95. The summed E-state index contributed by atoms with van der Waals surface area (Å²) in [6.45, 7) is 3.65. The van der Waals surface area contributed by atoms with Crippen molar-refractivity contribution in [1.82, 2.24) is 10.2 Å². The van der Waals surface area contributed by atoms with Gasteiger partial charge in [-0.25, -0.2) is 14.3 Å². The summed E-state index contributed by atoms with van der Waals surface area (Å²) >= 11 is 0. The number of aryl methyl sites for hydroxylation is 1. The molecule has 6 heteroatoms. The van der Waals surface area contributed by atoms with E-state index in [-0.39, 0.29) is 24.2 Å². The van der Waals surface area contributed by atoms with Gasteiger partial charge in [0.15, 0.2) is 0 Å². The van der Waals surface area contributed by atoms with Gasteiger partial charge in [-0.3, -0.25) is 4.79 Å². The molecule has 5 nitrogen and oxygen atoms in total. The van der Waals surface area contributed by atoms with Crippen molar-refractivity contribution in [2.24, 2.45) is 0 Å². The molecule has 0 radical (unpaired) electrons. The molecule has 1 N–H and O–H groups in total. The van der Waals surface area contributed by atoms with Crippen molar-refractivity contribution in [2.45, 2.75) is 20.3 Å². The number of halogens is 1. The molecule has 0 spiro atoms. The van der Waals surface area contributed by atoms with Crippen LogP contribution in [-0.4, -0.2) is 22.8 Å². The normalized spacial score (nSPS) is 10.4. The zero-order valence-corrected chi connectivity index (χ0v) is 11.8. The van der Waals surface area contributed by atoms with Crippen molar-refractivity contribution in [3.8, 4) is 0 Å². The molecule has 0 atom stereocenters. The van der Waals surface area contributed by atoms with E-state index in [0.29, 0.717) is 16.8 Å². The smallest absolute Gasteiger partial charge is 0.338 e. The van der Waals surface area contributed by atoms with E-state index in [9.17, 15) is 14.0 Å². The topological polar surface area (TPSA) is 72.0 Å². The maximum Gasteiger partial charge on any atom is 0.338 e. The number of aromatic nitrogens is 2. The standard InChI is InChI=1S/C15H15FN2O3/c1-3-21-15(20)11-5-4-10(13(16)8-11)7-12-6-9(2)17-18-14(12)19/h4-6,8H,3,7H2,1-2H3,(H,18,19). The summed E-state index contributed by atoms with van der Waals surface area (Å²) in [7, 11) is 0. The van der Waals surface area contributed by atoms with Gasteiger partial charge in [-0.2, -0.15) is 5.10 Å². The maximum absolute atomic E-state index is 14.0. The van der Waals surface area contributed by atoms with Crippen molar-refractivity contribution in [3.05, 3.63) is 62.8 Å². The van der Waals surface area contributed by atoms with Gasteiger partial charge in [0, 0.05) is 12.0 Å². The number of carbonyl (C=O) groups excluding carboxylic acids is 1. The van der Waals surface area contributed by atoms with E-state index in [0.717, 1.165) is 6.07 Å². The lowest BCUT2D eigenvalue weighted by molar-refractivity contribution is 0.0526. The molecule has 0 unspecified atom stereocenters. The molecule has 110 valence electrons. The first-order valence-electron chi connectivity index (χ1n) is 6.52. The summed E-state index contributed by atoms with van der Waals surface area (Å²) in [6, 6.07) is 5.70. The Morgan fingerprint density at radius 2 is 2.10 bits per heavy atom. The van der Waals surface area contributed by atoms with Crippen LogP contribution in [0.25, 0.3) is 0 Å². The molecule has 0 aliphatic carbocycles. The minimum Gasteiger partial charge on any atom is -0.462 e. The summed E-state index contributed by atoms with van der Waals surface area (Å²) in [5, 5.41) is 6.12. The van der Waals surface area contributed by atoms with Gasteiger partial charge in [-0.15, -0.1) is 0 Å². The minimum atomic E-state index is -0.569. The average molecular weight is 290 g/mol. The van der Waals surface area contributed by atoms with Gasteiger partial charge in [0.25, 0.3) is 5.56 Å². The van der Waals surface area contributed by atoms with E-state index >= 15 is 0 Å². The SMILES string of the molecule is CCOC(=O)c1ccc(Cc2cc(C)n[nH]c2=O)c(F)c1. The number of carbonyl (C=O) groups is 1. The van der Waals surface area contributed by atoms with Gasteiger partial charge in [0.1, 0.15) is 5.82 Å². The fourth-order valence-corrected chi connectivity index (χ4v) is 1.93. The van der Waals surface area contributed by atoms with Crippen LogP contribution in [0.3, 0.4) is 0 Å². The number of nitrogens with one attached hydrogen (secondary N) is 1. The van der Waals surface area contributed by atoms with Crippen molar-refractivity contribution >= 4 is 5.97 Å². The third-order valence-corrected chi connectivity index (χ3v) is 2.95. The number of rotatable bonds is 4. The van der Waals surface area contributed by atoms with E-state index in [1.165, 1.54) is 12.1 Å². The minimum absolute atomic E-state index is 0.133. The third kappa shape index (κ3) is 3.53. The van der Waals surface area contributed by atoms with Gasteiger partial charge >= 0.3 is 5.97 Å². The van der Waals surface area contributed by atoms with Crippen LogP contribution in [0, 0.1) is 12.7 Å². The first-order chi connectivity index (χ1) is 10.0. The molecule has 1 aromatic carbocycles.